The van der Waals surface area contributed by atoms with Crippen molar-refractivity contribution in [1.82, 2.24) is 0 Å². The molecule has 0 unspecified atom stereocenters. The first-order chi connectivity index (χ1) is 9.74. The van der Waals surface area contributed by atoms with Crippen molar-refractivity contribution in [3.05, 3.63) is 56.7 Å². The van der Waals surface area contributed by atoms with Gasteiger partial charge in [0, 0.05) is 34.0 Å². The van der Waals surface area contributed by atoms with E-state index in [0.29, 0.717) is 13.2 Å². The molecule has 20 heavy (non-hydrogen) atoms. The minimum Gasteiger partial charge on any atom is -0.381 e. The summed E-state index contributed by atoms with van der Waals surface area (Å²) in [6.45, 7) is 1.28. The van der Waals surface area contributed by atoms with Gasteiger partial charge in [-0.15, -0.1) is 0 Å². The first-order valence-electron chi connectivity index (χ1n) is 6.64. The Hall–Kier alpha value is -0.970. The summed E-state index contributed by atoms with van der Waals surface area (Å²) in [6.07, 6.45) is 1.50. The number of Topliss-reactive ketones (excluding diaryl/α,β-unsaturated/α-hetero) is 1. The number of carbonyl (C=O) groups is 1. The molecule has 0 spiro atoms. The van der Waals surface area contributed by atoms with Gasteiger partial charge >= 0.3 is 0 Å². The number of hydrogen-bond acceptors (Lipinski definition) is 3. The average molecular weight is 351 g/mol. The number of rotatable bonds is 3. The smallest absolute Gasteiger partial charge is 0.175 e. The zero-order valence-electron chi connectivity index (χ0n) is 11.0. The van der Waals surface area contributed by atoms with Crippen LogP contribution in [0.2, 0.25) is 0 Å². The van der Waals surface area contributed by atoms with Crippen LogP contribution in [-0.4, -0.2) is 19.0 Å². The summed E-state index contributed by atoms with van der Waals surface area (Å²) in [5, 5.41) is 3.90. The first kappa shape index (κ1) is 14.0. The summed E-state index contributed by atoms with van der Waals surface area (Å²) in [6, 6.07) is 10.1. The Balaban J connectivity index is 2.07. The van der Waals surface area contributed by atoms with Crippen molar-refractivity contribution in [2.24, 2.45) is 0 Å². The van der Waals surface area contributed by atoms with Gasteiger partial charge in [0.05, 0.1) is 5.41 Å². The molecule has 2 nitrogen and oxygen atoms in total. The van der Waals surface area contributed by atoms with Gasteiger partial charge in [0.2, 0.25) is 0 Å². The van der Waals surface area contributed by atoms with Gasteiger partial charge in [0.25, 0.3) is 0 Å². The van der Waals surface area contributed by atoms with Gasteiger partial charge in [-0.2, -0.15) is 11.3 Å². The zero-order valence-corrected chi connectivity index (χ0v) is 13.4. The molecule has 0 atom stereocenters. The summed E-state index contributed by atoms with van der Waals surface area (Å²) in [5.74, 6) is 0.208. The van der Waals surface area contributed by atoms with Gasteiger partial charge < -0.3 is 4.74 Å². The number of thiophene rings is 1. The molecule has 4 heteroatoms. The van der Waals surface area contributed by atoms with E-state index in [2.05, 4.69) is 28.1 Å². The summed E-state index contributed by atoms with van der Waals surface area (Å²) in [5.41, 5.74) is 1.45. The second kappa shape index (κ2) is 5.80. The van der Waals surface area contributed by atoms with E-state index in [4.69, 9.17) is 4.74 Å². The highest BCUT2D eigenvalue weighted by Crippen LogP contribution is 2.40. The van der Waals surface area contributed by atoms with Crippen LogP contribution in [0.3, 0.4) is 0 Å². The van der Waals surface area contributed by atoms with Crippen molar-refractivity contribution in [3.63, 3.8) is 0 Å². The second-order valence-electron chi connectivity index (χ2n) is 5.02. The Morgan fingerprint density at radius 3 is 2.45 bits per heavy atom. The summed E-state index contributed by atoms with van der Waals surface area (Å²) in [7, 11) is 0. The number of halogens is 1. The fourth-order valence-corrected chi connectivity index (χ4v) is 4.28. The summed E-state index contributed by atoms with van der Waals surface area (Å²) >= 11 is 5.04. The van der Waals surface area contributed by atoms with E-state index in [-0.39, 0.29) is 5.78 Å². The molecular formula is C16H15BrO2S. The van der Waals surface area contributed by atoms with Crippen molar-refractivity contribution in [1.29, 1.82) is 0 Å². The third-order valence-electron chi connectivity index (χ3n) is 3.97. The Morgan fingerprint density at radius 2 is 1.85 bits per heavy atom. The van der Waals surface area contributed by atoms with E-state index < -0.39 is 5.41 Å². The molecule has 0 amide bonds. The molecule has 1 saturated heterocycles. The maximum absolute atomic E-state index is 13.1. The van der Waals surface area contributed by atoms with Gasteiger partial charge in [-0.3, -0.25) is 4.79 Å². The monoisotopic (exact) mass is 350 g/mol. The second-order valence-corrected chi connectivity index (χ2v) is 6.62. The van der Waals surface area contributed by atoms with Crippen LogP contribution in [-0.2, 0) is 10.2 Å². The maximum Gasteiger partial charge on any atom is 0.175 e. The van der Waals surface area contributed by atoms with Crippen LogP contribution in [0, 0.1) is 0 Å². The van der Waals surface area contributed by atoms with Crippen molar-refractivity contribution < 1.29 is 9.53 Å². The fourth-order valence-electron chi connectivity index (χ4n) is 2.83. The maximum atomic E-state index is 13.1. The lowest BCUT2D eigenvalue weighted by Crippen LogP contribution is -2.41. The average Bonchev–Trinajstić information content (AvgIpc) is 2.94. The Bertz CT molecular complexity index is 600. The molecule has 104 valence electrons. The number of ketones is 1. The standard InChI is InChI=1S/C16H15BrO2S/c17-14-11-20-10-13(14)15(18)16(6-8-19-9-7-16)12-4-2-1-3-5-12/h1-5,10-11H,6-9H2. The number of hydrogen-bond donors (Lipinski definition) is 0. The fraction of sp³-hybridized carbons (Fsp3) is 0.312. The molecular weight excluding hydrogens is 336 g/mol. The molecule has 1 aliphatic rings. The van der Waals surface area contributed by atoms with E-state index in [0.717, 1.165) is 28.4 Å². The summed E-state index contributed by atoms with van der Waals surface area (Å²) < 4.78 is 6.38. The SMILES string of the molecule is O=C(c1cscc1Br)C1(c2ccccc2)CCOCC1. The molecule has 0 aliphatic carbocycles. The minimum absolute atomic E-state index is 0.208. The normalized spacial score (nSPS) is 17.9. The highest BCUT2D eigenvalue weighted by atomic mass is 79.9. The number of carbonyl (C=O) groups excluding carboxylic acids is 1. The summed E-state index contributed by atoms with van der Waals surface area (Å²) in [4.78, 5) is 13.1. The van der Waals surface area contributed by atoms with Crippen molar-refractivity contribution in [3.8, 4) is 0 Å². The third kappa shape index (κ3) is 2.36. The van der Waals surface area contributed by atoms with Crippen LogP contribution in [0.5, 0.6) is 0 Å². The molecule has 1 aliphatic heterocycles. The van der Waals surface area contributed by atoms with E-state index in [1.54, 1.807) is 11.3 Å². The number of ether oxygens (including phenoxy) is 1. The van der Waals surface area contributed by atoms with Gasteiger partial charge in [0.15, 0.2) is 5.78 Å². The lowest BCUT2D eigenvalue weighted by molar-refractivity contribution is 0.0423. The molecule has 2 aromatic rings. The lowest BCUT2D eigenvalue weighted by Gasteiger charge is -2.36. The van der Waals surface area contributed by atoms with Crippen LogP contribution >= 0.6 is 27.3 Å². The lowest BCUT2D eigenvalue weighted by atomic mass is 9.69. The highest BCUT2D eigenvalue weighted by molar-refractivity contribution is 9.10. The molecule has 0 saturated carbocycles. The molecule has 1 fully saturated rings. The minimum atomic E-state index is -0.441. The van der Waals surface area contributed by atoms with Gasteiger partial charge in [-0.05, 0) is 34.3 Å². The zero-order chi connectivity index (χ0) is 14.0. The Morgan fingerprint density at radius 1 is 1.15 bits per heavy atom. The molecule has 1 aromatic heterocycles. The van der Waals surface area contributed by atoms with Crippen LogP contribution in [0.25, 0.3) is 0 Å². The van der Waals surface area contributed by atoms with E-state index in [9.17, 15) is 4.79 Å². The molecule has 2 heterocycles. The molecule has 1 aromatic carbocycles. The Kier molecular flexibility index (Phi) is 4.06. The van der Waals surface area contributed by atoms with Crippen molar-refractivity contribution >= 4 is 33.0 Å². The van der Waals surface area contributed by atoms with Crippen molar-refractivity contribution in [2.75, 3.05) is 13.2 Å². The number of benzene rings is 1. The van der Waals surface area contributed by atoms with E-state index in [1.807, 2.05) is 29.0 Å². The van der Waals surface area contributed by atoms with Crippen LogP contribution in [0.1, 0.15) is 28.8 Å². The molecule has 0 radical (unpaired) electrons. The van der Waals surface area contributed by atoms with Crippen LogP contribution in [0.15, 0.2) is 45.6 Å². The van der Waals surface area contributed by atoms with E-state index in [1.165, 1.54) is 0 Å². The van der Waals surface area contributed by atoms with Crippen LogP contribution < -0.4 is 0 Å². The van der Waals surface area contributed by atoms with Gasteiger partial charge in [0.1, 0.15) is 0 Å². The largest absolute Gasteiger partial charge is 0.381 e. The van der Waals surface area contributed by atoms with E-state index >= 15 is 0 Å². The first-order valence-corrected chi connectivity index (χ1v) is 8.37. The van der Waals surface area contributed by atoms with Crippen molar-refractivity contribution in [2.45, 2.75) is 18.3 Å². The van der Waals surface area contributed by atoms with Gasteiger partial charge in [-0.1, -0.05) is 30.3 Å². The quantitative estimate of drug-likeness (QED) is 0.764. The highest BCUT2D eigenvalue weighted by Gasteiger charge is 2.42. The van der Waals surface area contributed by atoms with Gasteiger partial charge in [-0.25, -0.2) is 0 Å². The topological polar surface area (TPSA) is 26.3 Å². The Labute approximate surface area is 130 Å². The predicted octanol–water partition coefficient (Wildman–Crippen LogP) is 4.44. The predicted molar refractivity (Wildman–Crippen MR) is 84.5 cm³/mol. The molecule has 0 N–H and O–H groups in total. The third-order valence-corrected chi connectivity index (χ3v) is 5.67. The van der Waals surface area contributed by atoms with Crippen LogP contribution in [0.4, 0.5) is 0 Å². The molecule has 0 bridgehead atoms. The molecule has 3 rings (SSSR count).